The molecule has 1 unspecified atom stereocenters. The van der Waals surface area contributed by atoms with Crippen LogP contribution in [-0.4, -0.2) is 24.0 Å². The first-order valence-electron chi connectivity index (χ1n) is 5.60. The van der Waals surface area contributed by atoms with Crippen LogP contribution in [0.2, 0.25) is 0 Å². The van der Waals surface area contributed by atoms with E-state index in [4.69, 9.17) is 11.2 Å². The van der Waals surface area contributed by atoms with Crippen LogP contribution >= 0.6 is 0 Å². The van der Waals surface area contributed by atoms with Crippen LogP contribution in [0.25, 0.3) is 0 Å². The lowest BCUT2D eigenvalue weighted by molar-refractivity contribution is -0.117. The van der Waals surface area contributed by atoms with Gasteiger partial charge in [0.2, 0.25) is 11.8 Å². The van der Waals surface area contributed by atoms with Gasteiger partial charge in [-0.2, -0.15) is 0 Å². The van der Waals surface area contributed by atoms with Crippen molar-refractivity contribution in [3.63, 3.8) is 0 Å². The highest BCUT2D eigenvalue weighted by atomic mass is 16.5. The Kier molecular flexibility index (Phi) is 3.29. The molecule has 0 aromatic carbocycles. The standard InChI is InChI=1S/C13H14N2O2/c1-3-10-7-13(16)15(9-10)11-5-6-12(14-8-11)17-4-2/h1,5-6,8,10H,4,7,9H2,2H3. The Hall–Kier alpha value is -2.02. The summed E-state index contributed by atoms with van der Waals surface area (Å²) in [7, 11) is 0. The molecule has 0 aliphatic carbocycles. The van der Waals surface area contributed by atoms with E-state index in [2.05, 4.69) is 10.9 Å². The largest absolute Gasteiger partial charge is 0.478 e. The predicted molar refractivity (Wildman–Crippen MR) is 64.7 cm³/mol. The third-order valence-electron chi connectivity index (χ3n) is 2.69. The van der Waals surface area contributed by atoms with E-state index in [0.717, 1.165) is 5.69 Å². The van der Waals surface area contributed by atoms with Crippen molar-refractivity contribution in [2.75, 3.05) is 18.1 Å². The van der Waals surface area contributed by atoms with Gasteiger partial charge in [-0.15, -0.1) is 12.3 Å². The summed E-state index contributed by atoms with van der Waals surface area (Å²) in [5.74, 6) is 3.25. The van der Waals surface area contributed by atoms with E-state index in [1.807, 2.05) is 13.0 Å². The molecule has 1 aliphatic rings. The van der Waals surface area contributed by atoms with Crippen LogP contribution in [0.3, 0.4) is 0 Å². The number of nitrogens with zero attached hydrogens (tertiary/aromatic N) is 2. The van der Waals surface area contributed by atoms with Crippen LogP contribution in [-0.2, 0) is 4.79 Å². The van der Waals surface area contributed by atoms with Gasteiger partial charge in [0.15, 0.2) is 0 Å². The van der Waals surface area contributed by atoms with Crippen LogP contribution in [0.4, 0.5) is 5.69 Å². The summed E-state index contributed by atoms with van der Waals surface area (Å²) in [6.07, 6.45) is 7.40. The molecule has 4 heteroatoms. The van der Waals surface area contributed by atoms with Gasteiger partial charge in [0, 0.05) is 24.9 Å². The van der Waals surface area contributed by atoms with Crippen LogP contribution in [0.1, 0.15) is 13.3 Å². The summed E-state index contributed by atoms with van der Waals surface area (Å²) in [6, 6.07) is 3.59. The highest BCUT2D eigenvalue weighted by Crippen LogP contribution is 2.24. The average Bonchev–Trinajstić information content (AvgIpc) is 2.72. The number of anilines is 1. The molecule has 4 nitrogen and oxygen atoms in total. The van der Waals surface area contributed by atoms with Crippen LogP contribution in [0.5, 0.6) is 5.88 Å². The molecule has 2 rings (SSSR count). The highest BCUT2D eigenvalue weighted by Gasteiger charge is 2.29. The molecule has 1 atom stereocenters. The molecular weight excluding hydrogens is 216 g/mol. The molecule has 1 aromatic rings. The number of aromatic nitrogens is 1. The number of rotatable bonds is 3. The van der Waals surface area contributed by atoms with Crippen LogP contribution in [0, 0.1) is 18.3 Å². The maximum absolute atomic E-state index is 11.7. The molecule has 0 spiro atoms. The molecule has 88 valence electrons. The van der Waals surface area contributed by atoms with Gasteiger partial charge >= 0.3 is 0 Å². The van der Waals surface area contributed by atoms with E-state index in [-0.39, 0.29) is 11.8 Å². The normalized spacial score (nSPS) is 19.2. The summed E-state index contributed by atoms with van der Waals surface area (Å²) < 4.78 is 5.25. The molecule has 1 amide bonds. The summed E-state index contributed by atoms with van der Waals surface area (Å²) in [6.45, 7) is 3.05. The van der Waals surface area contributed by atoms with Crippen molar-refractivity contribution < 1.29 is 9.53 Å². The van der Waals surface area contributed by atoms with Crippen molar-refractivity contribution in [1.29, 1.82) is 0 Å². The molecule has 1 aliphatic heterocycles. The lowest BCUT2D eigenvalue weighted by Crippen LogP contribution is -2.24. The third kappa shape index (κ3) is 2.39. The average molecular weight is 230 g/mol. The predicted octanol–water partition coefficient (Wildman–Crippen LogP) is 1.47. The molecule has 1 saturated heterocycles. The minimum atomic E-state index is 0.00840. The van der Waals surface area contributed by atoms with Crippen molar-refractivity contribution in [1.82, 2.24) is 4.98 Å². The van der Waals surface area contributed by atoms with E-state index >= 15 is 0 Å². The van der Waals surface area contributed by atoms with Crippen molar-refractivity contribution >= 4 is 11.6 Å². The molecular formula is C13H14N2O2. The minimum absolute atomic E-state index is 0.00840. The van der Waals surface area contributed by atoms with Crippen molar-refractivity contribution in [2.24, 2.45) is 5.92 Å². The molecule has 1 aromatic heterocycles. The number of carbonyl (C=O) groups is 1. The fraction of sp³-hybridized carbons (Fsp3) is 0.385. The molecule has 0 bridgehead atoms. The Balaban J connectivity index is 2.13. The summed E-state index contributed by atoms with van der Waals surface area (Å²) in [5, 5.41) is 0. The van der Waals surface area contributed by atoms with Gasteiger partial charge in [-0.25, -0.2) is 4.98 Å². The van der Waals surface area contributed by atoms with Gasteiger partial charge < -0.3 is 9.64 Å². The molecule has 2 heterocycles. The fourth-order valence-corrected chi connectivity index (χ4v) is 1.83. The second-order valence-corrected chi connectivity index (χ2v) is 3.86. The monoisotopic (exact) mass is 230 g/mol. The maximum Gasteiger partial charge on any atom is 0.228 e. The SMILES string of the molecule is C#CC1CC(=O)N(c2ccc(OCC)nc2)C1. The second-order valence-electron chi connectivity index (χ2n) is 3.86. The highest BCUT2D eigenvalue weighted by molar-refractivity contribution is 5.95. The first-order valence-corrected chi connectivity index (χ1v) is 5.60. The molecule has 0 N–H and O–H groups in total. The number of pyridine rings is 1. The molecule has 0 radical (unpaired) electrons. The van der Waals surface area contributed by atoms with E-state index in [9.17, 15) is 4.79 Å². The number of ether oxygens (including phenoxy) is 1. The number of terminal acetylenes is 1. The quantitative estimate of drug-likeness (QED) is 0.738. The van der Waals surface area contributed by atoms with Gasteiger partial charge in [-0.05, 0) is 13.0 Å². The molecule has 17 heavy (non-hydrogen) atoms. The van der Waals surface area contributed by atoms with Gasteiger partial charge in [0.05, 0.1) is 18.5 Å². The van der Waals surface area contributed by atoms with E-state index in [1.165, 1.54) is 0 Å². The minimum Gasteiger partial charge on any atom is -0.478 e. The summed E-state index contributed by atoms with van der Waals surface area (Å²) in [4.78, 5) is 17.5. The zero-order valence-corrected chi connectivity index (χ0v) is 9.72. The van der Waals surface area contributed by atoms with Gasteiger partial charge in [-0.1, -0.05) is 0 Å². The van der Waals surface area contributed by atoms with E-state index in [1.54, 1.807) is 17.2 Å². The first kappa shape index (κ1) is 11.5. The van der Waals surface area contributed by atoms with Crippen molar-refractivity contribution in [2.45, 2.75) is 13.3 Å². The van der Waals surface area contributed by atoms with Crippen LogP contribution < -0.4 is 9.64 Å². The molecule has 0 saturated carbocycles. The van der Waals surface area contributed by atoms with Gasteiger partial charge in [0.1, 0.15) is 0 Å². The van der Waals surface area contributed by atoms with E-state index < -0.39 is 0 Å². The Labute approximate surface area is 101 Å². The second kappa shape index (κ2) is 4.88. The Morgan fingerprint density at radius 2 is 2.47 bits per heavy atom. The maximum atomic E-state index is 11.7. The number of carbonyl (C=O) groups excluding carboxylic acids is 1. The Bertz CT molecular complexity index is 447. The summed E-state index contributed by atoms with van der Waals surface area (Å²) >= 11 is 0. The zero-order valence-electron chi connectivity index (χ0n) is 9.72. The van der Waals surface area contributed by atoms with Gasteiger partial charge in [-0.3, -0.25) is 4.79 Å². The number of hydrogen-bond donors (Lipinski definition) is 0. The number of amides is 1. The smallest absolute Gasteiger partial charge is 0.228 e. The Morgan fingerprint density at radius 1 is 1.65 bits per heavy atom. The fourth-order valence-electron chi connectivity index (χ4n) is 1.83. The van der Waals surface area contributed by atoms with Gasteiger partial charge in [0.25, 0.3) is 0 Å². The molecule has 1 fully saturated rings. The van der Waals surface area contributed by atoms with Crippen molar-refractivity contribution in [3.8, 4) is 18.2 Å². The topological polar surface area (TPSA) is 42.4 Å². The van der Waals surface area contributed by atoms with Crippen LogP contribution in [0.15, 0.2) is 18.3 Å². The Morgan fingerprint density at radius 3 is 3.00 bits per heavy atom. The first-order chi connectivity index (χ1) is 8.24. The lowest BCUT2D eigenvalue weighted by Gasteiger charge is -2.15. The summed E-state index contributed by atoms with van der Waals surface area (Å²) in [5.41, 5.74) is 0.774. The third-order valence-corrected chi connectivity index (χ3v) is 2.69. The lowest BCUT2D eigenvalue weighted by atomic mass is 10.1. The van der Waals surface area contributed by atoms with E-state index in [0.29, 0.717) is 25.5 Å². The number of hydrogen-bond acceptors (Lipinski definition) is 3. The van der Waals surface area contributed by atoms with Crippen molar-refractivity contribution in [3.05, 3.63) is 18.3 Å². The zero-order chi connectivity index (χ0) is 12.3.